The lowest BCUT2D eigenvalue weighted by Crippen LogP contribution is -2.01. The molecule has 0 aliphatic heterocycles. The predicted molar refractivity (Wildman–Crippen MR) is 236 cm³/mol. The van der Waals surface area contributed by atoms with Gasteiger partial charge in [0, 0.05) is 56.3 Å². The molecule has 0 saturated carbocycles. The van der Waals surface area contributed by atoms with Crippen molar-refractivity contribution in [1.29, 1.82) is 0 Å². The van der Waals surface area contributed by atoms with Crippen molar-refractivity contribution in [1.82, 2.24) is 24.5 Å². The Morgan fingerprint density at radius 1 is 0.397 bits per heavy atom. The molecule has 12 aromatic rings. The molecule has 0 bridgehead atoms. The van der Waals surface area contributed by atoms with Gasteiger partial charge in [-0.25, -0.2) is 15.0 Å². The van der Waals surface area contributed by atoms with Crippen LogP contribution >= 0.6 is 0 Å². The van der Waals surface area contributed by atoms with Gasteiger partial charge in [0.25, 0.3) is 0 Å². The summed E-state index contributed by atoms with van der Waals surface area (Å²) in [7, 11) is 0. The van der Waals surface area contributed by atoms with Crippen molar-refractivity contribution in [2.24, 2.45) is 0 Å². The molecule has 0 radical (unpaired) electrons. The maximum atomic E-state index is 6.27. The van der Waals surface area contributed by atoms with Gasteiger partial charge in [-0.15, -0.1) is 0 Å². The van der Waals surface area contributed by atoms with Gasteiger partial charge in [-0.05, 0) is 75.1 Å². The van der Waals surface area contributed by atoms with Crippen LogP contribution in [0.4, 0.5) is 0 Å². The van der Waals surface area contributed by atoms with Gasteiger partial charge < -0.3 is 8.98 Å². The number of nitrogens with zero attached hydrogens (tertiary/aromatic N) is 5. The van der Waals surface area contributed by atoms with E-state index in [4.69, 9.17) is 19.4 Å². The zero-order valence-electron chi connectivity index (χ0n) is 31.0. The van der Waals surface area contributed by atoms with Gasteiger partial charge in [0.05, 0.1) is 11.0 Å². The Morgan fingerprint density at radius 3 is 2.02 bits per heavy atom. The number of aromatic nitrogens is 5. The van der Waals surface area contributed by atoms with Gasteiger partial charge >= 0.3 is 0 Å². The molecule has 4 heterocycles. The summed E-state index contributed by atoms with van der Waals surface area (Å²) in [6, 6.07) is 61.6. The van der Waals surface area contributed by atoms with E-state index < -0.39 is 0 Å². The van der Waals surface area contributed by atoms with Crippen LogP contribution in [-0.4, -0.2) is 24.5 Å². The summed E-state index contributed by atoms with van der Waals surface area (Å²) in [5.74, 6) is 1.74. The number of hydrogen-bond donors (Lipinski definition) is 0. The Kier molecular flexibility index (Phi) is 7.13. The van der Waals surface area contributed by atoms with Crippen LogP contribution in [0.5, 0.6) is 0 Å². The van der Waals surface area contributed by atoms with Gasteiger partial charge in [0.2, 0.25) is 0 Å². The first-order valence-electron chi connectivity index (χ1n) is 19.4. The van der Waals surface area contributed by atoms with Gasteiger partial charge in [-0.3, -0.25) is 4.98 Å². The molecule has 4 aromatic heterocycles. The molecular weight excluding hydrogens is 711 g/mol. The van der Waals surface area contributed by atoms with Gasteiger partial charge in [-0.1, -0.05) is 133 Å². The van der Waals surface area contributed by atoms with Crippen molar-refractivity contribution in [3.8, 4) is 51.0 Å². The number of furan rings is 1. The van der Waals surface area contributed by atoms with E-state index in [1.807, 2.05) is 24.4 Å². The average molecular weight is 742 g/mol. The molecule has 6 nitrogen and oxygen atoms in total. The summed E-state index contributed by atoms with van der Waals surface area (Å²) in [6.07, 6.45) is 3.59. The minimum atomic E-state index is 0.561. The van der Waals surface area contributed by atoms with Crippen LogP contribution in [0.2, 0.25) is 0 Å². The number of rotatable bonds is 5. The topological polar surface area (TPSA) is 69.6 Å². The third-order valence-electron chi connectivity index (χ3n) is 11.3. The molecule has 0 saturated heterocycles. The largest absolute Gasteiger partial charge is 0.456 e. The van der Waals surface area contributed by atoms with E-state index in [-0.39, 0.29) is 0 Å². The summed E-state index contributed by atoms with van der Waals surface area (Å²) < 4.78 is 8.65. The fraction of sp³-hybridized carbons (Fsp3) is 0. The summed E-state index contributed by atoms with van der Waals surface area (Å²) in [5.41, 5.74) is 9.69. The SMILES string of the molecule is c1cc(-c2ccccc2-c2nc(-c3ccc4ccccc4c3)nc(-c3cccc4oc5ccncc5c34)n2)cc(-n2c3ccccc3c3c4ccccc4ccc32)c1. The van der Waals surface area contributed by atoms with Gasteiger partial charge in [0.15, 0.2) is 17.5 Å². The molecule has 0 amide bonds. The normalized spacial score (nSPS) is 11.8. The van der Waals surface area contributed by atoms with E-state index in [1.165, 1.54) is 27.1 Å². The minimum Gasteiger partial charge on any atom is -0.456 e. The third kappa shape index (κ3) is 5.05. The zero-order valence-corrected chi connectivity index (χ0v) is 31.0. The molecule has 0 aliphatic rings. The summed E-state index contributed by atoms with van der Waals surface area (Å²) in [5, 5.41) is 9.08. The van der Waals surface area contributed by atoms with Crippen molar-refractivity contribution in [3.05, 3.63) is 188 Å². The Bertz CT molecular complexity index is 3600. The van der Waals surface area contributed by atoms with E-state index in [1.54, 1.807) is 6.20 Å². The Morgan fingerprint density at radius 2 is 1.10 bits per heavy atom. The summed E-state index contributed by atoms with van der Waals surface area (Å²) in [4.78, 5) is 20.1. The van der Waals surface area contributed by atoms with Crippen LogP contribution in [0.1, 0.15) is 0 Å². The van der Waals surface area contributed by atoms with Crippen LogP contribution in [0.25, 0.3) is 116 Å². The summed E-state index contributed by atoms with van der Waals surface area (Å²) in [6.45, 7) is 0. The summed E-state index contributed by atoms with van der Waals surface area (Å²) >= 11 is 0. The standard InChI is InChI=1S/C52H31N5O/c1-2-13-34-29-36(24-23-32(34)11-1)50-54-51(56-52(55-50)42-20-10-22-47-49(42)43-31-53-28-27-46(43)58-47)40-18-6-5-16-38(40)35-14-9-15-37(30-35)57-44-21-8-7-19-41(44)48-39-17-4-3-12-33(39)25-26-45(48)57/h1-31H. The lowest BCUT2D eigenvalue weighted by molar-refractivity contribution is 0.668. The Hall–Kier alpha value is -7.96. The molecule has 0 spiro atoms. The highest BCUT2D eigenvalue weighted by atomic mass is 16.3. The number of para-hydroxylation sites is 1. The fourth-order valence-electron chi connectivity index (χ4n) is 8.69. The molecule has 6 heteroatoms. The lowest BCUT2D eigenvalue weighted by Gasteiger charge is -2.14. The quantitative estimate of drug-likeness (QED) is 0.176. The molecule has 0 atom stereocenters. The molecule has 12 rings (SSSR count). The zero-order chi connectivity index (χ0) is 38.2. The second kappa shape index (κ2) is 12.8. The van der Waals surface area contributed by atoms with Crippen molar-refractivity contribution in [2.45, 2.75) is 0 Å². The van der Waals surface area contributed by atoms with Crippen LogP contribution in [0, 0.1) is 0 Å². The molecule has 0 aliphatic carbocycles. The first-order chi connectivity index (χ1) is 28.7. The fourth-order valence-corrected chi connectivity index (χ4v) is 8.69. The first-order valence-corrected chi connectivity index (χ1v) is 19.4. The maximum absolute atomic E-state index is 6.27. The van der Waals surface area contributed by atoms with Crippen LogP contribution < -0.4 is 0 Å². The average Bonchev–Trinajstić information content (AvgIpc) is 3.85. The van der Waals surface area contributed by atoms with E-state index in [2.05, 4.69) is 167 Å². The molecule has 0 fully saturated rings. The smallest absolute Gasteiger partial charge is 0.164 e. The second-order valence-electron chi connectivity index (χ2n) is 14.7. The van der Waals surface area contributed by atoms with Crippen molar-refractivity contribution < 1.29 is 4.42 Å². The molecular formula is C52H31N5O. The monoisotopic (exact) mass is 741 g/mol. The molecule has 58 heavy (non-hydrogen) atoms. The first kappa shape index (κ1) is 32.3. The lowest BCUT2D eigenvalue weighted by atomic mass is 9.98. The van der Waals surface area contributed by atoms with Gasteiger partial charge in [-0.2, -0.15) is 0 Å². The van der Waals surface area contributed by atoms with Crippen LogP contribution in [0.3, 0.4) is 0 Å². The molecule has 0 N–H and O–H groups in total. The minimum absolute atomic E-state index is 0.561. The number of hydrogen-bond acceptors (Lipinski definition) is 5. The van der Waals surface area contributed by atoms with Crippen LogP contribution in [0.15, 0.2) is 193 Å². The number of benzene rings is 8. The second-order valence-corrected chi connectivity index (χ2v) is 14.7. The molecule has 8 aromatic carbocycles. The van der Waals surface area contributed by atoms with Gasteiger partial charge in [0.1, 0.15) is 11.2 Å². The number of fused-ring (bicyclic) bond motifs is 9. The highest BCUT2D eigenvalue weighted by Gasteiger charge is 2.21. The van der Waals surface area contributed by atoms with E-state index in [0.717, 1.165) is 71.7 Å². The van der Waals surface area contributed by atoms with Crippen molar-refractivity contribution in [2.75, 3.05) is 0 Å². The Labute approximate surface area is 332 Å². The highest BCUT2D eigenvalue weighted by Crippen LogP contribution is 2.40. The van der Waals surface area contributed by atoms with Crippen molar-refractivity contribution >= 4 is 65.3 Å². The third-order valence-corrected chi connectivity index (χ3v) is 11.3. The highest BCUT2D eigenvalue weighted by molar-refractivity contribution is 6.21. The Balaban J connectivity index is 1.07. The molecule has 0 unspecified atom stereocenters. The van der Waals surface area contributed by atoms with Crippen molar-refractivity contribution in [3.63, 3.8) is 0 Å². The van der Waals surface area contributed by atoms with E-state index in [0.29, 0.717) is 17.5 Å². The number of pyridine rings is 1. The predicted octanol–water partition coefficient (Wildman–Crippen LogP) is 13.2. The van der Waals surface area contributed by atoms with E-state index in [9.17, 15) is 0 Å². The van der Waals surface area contributed by atoms with Crippen LogP contribution in [-0.2, 0) is 0 Å². The maximum Gasteiger partial charge on any atom is 0.164 e. The molecule has 270 valence electrons. The van der Waals surface area contributed by atoms with E-state index >= 15 is 0 Å².